The van der Waals surface area contributed by atoms with Crippen LogP contribution in [0.2, 0.25) is 0 Å². The summed E-state index contributed by atoms with van der Waals surface area (Å²) in [7, 11) is 0. The Kier molecular flexibility index (Phi) is 15.4. The first kappa shape index (κ1) is 35.1. The van der Waals surface area contributed by atoms with Crippen LogP contribution in [0.25, 0.3) is 0 Å². The molecule has 0 aliphatic carbocycles. The summed E-state index contributed by atoms with van der Waals surface area (Å²) in [4.78, 5) is 39.9. The summed E-state index contributed by atoms with van der Waals surface area (Å²) in [5, 5.41) is 6.82. The first-order valence-electron chi connectivity index (χ1n) is 14.9. The van der Waals surface area contributed by atoms with Gasteiger partial charge in [-0.25, -0.2) is 4.79 Å². The molecule has 0 saturated carbocycles. The quantitative estimate of drug-likeness (QED) is 0.0778. The number of amides is 2. The highest BCUT2D eigenvalue weighted by molar-refractivity contribution is 9.09. The van der Waals surface area contributed by atoms with Crippen molar-refractivity contribution in [1.29, 1.82) is 0 Å². The van der Waals surface area contributed by atoms with E-state index in [1.165, 1.54) is 0 Å². The van der Waals surface area contributed by atoms with Crippen LogP contribution in [0.3, 0.4) is 0 Å². The zero-order valence-corrected chi connectivity index (χ0v) is 27.6. The van der Waals surface area contributed by atoms with Crippen LogP contribution in [-0.4, -0.2) is 43.2 Å². The highest BCUT2D eigenvalue weighted by atomic mass is 79.9. The number of nitrogens with zero attached hydrogens (tertiary/aromatic N) is 1. The van der Waals surface area contributed by atoms with Crippen molar-refractivity contribution in [3.8, 4) is 0 Å². The van der Waals surface area contributed by atoms with E-state index in [1.807, 2.05) is 56.3 Å². The smallest absolute Gasteiger partial charge is 0.323 e. The van der Waals surface area contributed by atoms with Crippen LogP contribution < -0.4 is 15.5 Å². The van der Waals surface area contributed by atoms with Crippen molar-refractivity contribution < 1.29 is 23.9 Å². The minimum atomic E-state index is -0.438. The van der Waals surface area contributed by atoms with E-state index >= 15 is 0 Å². The van der Waals surface area contributed by atoms with Gasteiger partial charge in [-0.3, -0.25) is 9.59 Å². The maximum absolute atomic E-state index is 13.1. The summed E-state index contributed by atoms with van der Waals surface area (Å²) in [6, 6.07) is 13.3. The molecule has 2 amide bonds. The van der Waals surface area contributed by atoms with Gasteiger partial charge in [-0.05, 0) is 73.8 Å². The molecular formula is C33H48BrN3O5. The molecule has 9 heteroatoms. The number of unbranched alkanes of at least 4 members (excludes halogenated alkanes) is 1. The van der Waals surface area contributed by atoms with Crippen LogP contribution >= 0.6 is 15.9 Å². The number of esters is 2. The lowest BCUT2D eigenvalue weighted by Crippen LogP contribution is -2.32. The third kappa shape index (κ3) is 12.8. The lowest BCUT2D eigenvalue weighted by molar-refractivity contribution is -0.167. The van der Waals surface area contributed by atoms with Crippen LogP contribution in [0, 0.1) is 18.8 Å². The monoisotopic (exact) mass is 645 g/mol. The number of hydrogen-bond donors (Lipinski definition) is 2. The second-order valence-corrected chi connectivity index (χ2v) is 12.3. The Bertz CT molecular complexity index is 1130. The first-order chi connectivity index (χ1) is 20.0. The minimum Gasteiger partial charge on any atom is -0.428 e. The Hall–Kier alpha value is -3.07. The zero-order chi connectivity index (χ0) is 31.1. The summed E-state index contributed by atoms with van der Waals surface area (Å²) < 4.78 is 10.3. The molecule has 0 spiro atoms. The van der Waals surface area contributed by atoms with Crippen molar-refractivity contribution in [3.63, 3.8) is 0 Å². The van der Waals surface area contributed by atoms with E-state index in [9.17, 15) is 14.4 Å². The Labute approximate surface area is 260 Å². The van der Waals surface area contributed by atoms with Crippen molar-refractivity contribution in [3.05, 3.63) is 53.6 Å². The maximum Gasteiger partial charge on any atom is 0.323 e. The number of carbonyl (C=O) groups is 3. The van der Waals surface area contributed by atoms with Gasteiger partial charge in [0.1, 0.15) is 0 Å². The summed E-state index contributed by atoms with van der Waals surface area (Å²) in [6.07, 6.45) is 2.72. The number of nitrogens with one attached hydrogen (secondary N) is 2. The molecule has 2 rings (SSSR count). The van der Waals surface area contributed by atoms with Gasteiger partial charge in [-0.15, -0.1) is 0 Å². The maximum atomic E-state index is 13.1. The molecular weight excluding hydrogens is 598 g/mol. The van der Waals surface area contributed by atoms with Gasteiger partial charge >= 0.3 is 18.0 Å². The van der Waals surface area contributed by atoms with Crippen molar-refractivity contribution in [1.82, 2.24) is 0 Å². The molecule has 0 bridgehead atoms. The first-order valence-corrected chi connectivity index (χ1v) is 16.0. The van der Waals surface area contributed by atoms with Gasteiger partial charge in [0.25, 0.3) is 0 Å². The van der Waals surface area contributed by atoms with Crippen LogP contribution in [0.1, 0.15) is 83.8 Å². The van der Waals surface area contributed by atoms with Gasteiger partial charge in [0.2, 0.25) is 6.79 Å². The van der Waals surface area contributed by atoms with Crippen molar-refractivity contribution >= 4 is 51.0 Å². The molecule has 2 aromatic rings. The van der Waals surface area contributed by atoms with Crippen molar-refractivity contribution in [2.75, 3.05) is 40.7 Å². The van der Waals surface area contributed by atoms with Gasteiger partial charge in [0.05, 0.1) is 17.8 Å². The van der Waals surface area contributed by atoms with E-state index in [4.69, 9.17) is 9.47 Å². The number of halogens is 1. The van der Waals surface area contributed by atoms with Crippen LogP contribution in [0.5, 0.6) is 0 Å². The molecule has 0 heterocycles. The number of hydrogen-bond acceptors (Lipinski definition) is 6. The summed E-state index contributed by atoms with van der Waals surface area (Å²) in [5.41, 5.74) is 4.35. The van der Waals surface area contributed by atoms with E-state index in [2.05, 4.69) is 59.2 Å². The van der Waals surface area contributed by atoms with E-state index in [1.54, 1.807) is 0 Å². The van der Waals surface area contributed by atoms with Crippen molar-refractivity contribution in [2.45, 2.75) is 79.6 Å². The molecule has 0 unspecified atom stereocenters. The second kappa shape index (κ2) is 18.5. The average Bonchev–Trinajstić information content (AvgIpc) is 2.92. The van der Waals surface area contributed by atoms with Gasteiger partial charge < -0.3 is 25.0 Å². The van der Waals surface area contributed by atoms with E-state index < -0.39 is 5.97 Å². The molecule has 0 aliphatic rings. The van der Waals surface area contributed by atoms with Gasteiger partial charge in [-0.1, -0.05) is 74.3 Å². The van der Waals surface area contributed by atoms with Gasteiger partial charge in [-0.2, -0.15) is 0 Å². The minimum absolute atomic E-state index is 0.133. The second-order valence-electron chi connectivity index (χ2n) is 11.5. The highest BCUT2D eigenvalue weighted by Gasteiger charge is 2.21. The lowest BCUT2D eigenvalue weighted by Gasteiger charge is -2.31. The molecule has 8 nitrogen and oxygen atoms in total. The molecule has 0 fully saturated rings. The van der Waals surface area contributed by atoms with Crippen LogP contribution in [-0.2, 0) is 19.1 Å². The van der Waals surface area contributed by atoms with Crippen LogP contribution in [0.4, 0.5) is 21.9 Å². The normalized spacial score (nSPS) is 11.7. The van der Waals surface area contributed by atoms with E-state index in [0.717, 1.165) is 48.1 Å². The summed E-state index contributed by atoms with van der Waals surface area (Å²) in [6.45, 7) is 14.0. The molecule has 2 N–H and O–H groups in total. The fourth-order valence-corrected chi connectivity index (χ4v) is 5.01. The van der Waals surface area contributed by atoms with Crippen LogP contribution in [0.15, 0.2) is 42.5 Å². The molecule has 1 atom stereocenters. The molecule has 0 aromatic heterocycles. The Morgan fingerprint density at radius 1 is 0.881 bits per heavy atom. The Balaban J connectivity index is 2.22. The van der Waals surface area contributed by atoms with Gasteiger partial charge in [0.15, 0.2) is 0 Å². The number of carbonyl (C=O) groups excluding carboxylic acids is 3. The third-order valence-corrected chi connectivity index (χ3v) is 7.23. The fourth-order valence-electron chi connectivity index (χ4n) is 4.61. The lowest BCUT2D eigenvalue weighted by atomic mass is 9.92. The molecule has 0 aliphatic heterocycles. The number of urea groups is 1. The van der Waals surface area contributed by atoms with E-state index in [0.29, 0.717) is 36.1 Å². The molecule has 232 valence electrons. The predicted octanol–water partition coefficient (Wildman–Crippen LogP) is 8.25. The van der Waals surface area contributed by atoms with Crippen molar-refractivity contribution in [2.24, 2.45) is 11.8 Å². The van der Waals surface area contributed by atoms with E-state index in [-0.39, 0.29) is 31.1 Å². The highest BCUT2D eigenvalue weighted by Crippen LogP contribution is 2.34. The number of alkyl halides is 1. The number of benzene rings is 2. The third-order valence-electron chi connectivity index (χ3n) is 6.67. The largest absolute Gasteiger partial charge is 0.428 e. The van der Waals surface area contributed by atoms with Gasteiger partial charge in [0, 0.05) is 30.5 Å². The fraction of sp³-hybridized carbons (Fsp3) is 0.545. The number of aryl methyl sites for hydroxylation is 1. The molecule has 2 aromatic carbocycles. The predicted molar refractivity (Wildman–Crippen MR) is 174 cm³/mol. The number of anilines is 3. The summed E-state index contributed by atoms with van der Waals surface area (Å²) >= 11 is 3.33. The topological polar surface area (TPSA) is 97.0 Å². The SMILES string of the molecule is CC[C@@H](CC(=O)OCOC(=O)CCCCBr)c1ccc(N(CC(C)C)CC(C)C)c(NC(=O)Nc2ccc(C)cc2)c1. The average molecular weight is 647 g/mol. The number of rotatable bonds is 17. The summed E-state index contributed by atoms with van der Waals surface area (Å²) in [5.74, 6) is -0.0976. The Morgan fingerprint density at radius 3 is 2.12 bits per heavy atom. The molecule has 0 saturated heterocycles. The molecule has 42 heavy (non-hydrogen) atoms. The number of ether oxygens (including phenoxy) is 2. The molecule has 0 radical (unpaired) electrons. The Morgan fingerprint density at radius 2 is 1.52 bits per heavy atom. The standard InChI is InChI=1S/C33H48BrN3O5/c1-7-26(19-32(39)42-22-41-31(38)10-8-9-17-34)27-13-16-30(37(20-23(2)3)21-24(4)5)29(18-27)36-33(40)35-28-14-11-25(6)12-15-28/h11-16,18,23-24,26H,7-10,17,19-22H2,1-6H3,(H2,35,36,40)/t26-/m0/s1. The zero-order valence-electron chi connectivity index (χ0n) is 26.0.